The summed E-state index contributed by atoms with van der Waals surface area (Å²) in [6.07, 6.45) is 7.77. The molecule has 1 saturated carbocycles. The summed E-state index contributed by atoms with van der Waals surface area (Å²) >= 11 is 5.26. The Labute approximate surface area is 92.8 Å². The average Bonchev–Trinajstić information content (AvgIpc) is 2.19. The van der Waals surface area contributed by atoms with E-state index >= 15 is 0 Å². The maximum Gasteiger partial charge on any atom is 0.166 e. The molecular formula is C11H22N2S. The van der Waals surface area contributed by atoms with Crippen LogP contribution in [0.4, 0.5) is 0 Å². The maximum absolute atomic E-state index is 5.26. The lowest BCUT2D eigenvalue weighted by Crippen LogP contribution is -2.45. The summed E-state index contributed by atoms with van der Waals surface area (Å²) in [6.45, 7) is 4.33. The van der Waals surface area contributed by atoms with Gasteiger partial charge in [0.2, 0.25) is 0 Å². The molecule has 0 aromatic heterocycles. The molecule has 3 heteroatoms. The van der Waals surface area contributed by atoms with Crippen molar-refractivity contribution in [2.75, 3.05) is 0 Å². The zero-order chi connectivity index (χ0) is 10.4. The topological polar surface area (TPSA) is 24.1 Å². The Balaban J connectivity index is 2.18. The Hall–Kier alpha value is -0.310. The van der Waals surface area contributed by atoms with Crippen LogP contribution in [0.25, 0.3) is 0 Å². The van der Waals surface area contributed by atoms with Crippen molar-refractivity contribution in [3.8, 4) is 0 Å². The molecule has 1 aliphatic rings. The highest BCUT2D eigenvalue weighted by Gasteiger charge is 2.14. The average molecular weight is 214 g/mol. The molecule has 14 heavy (non-hydrogen) atoms. The maximum atomic E-state index is 5.26. The van der Waals surface area contributed by atoms with Gasteiger partial charge in [-0.1, -0.05) is 26.2 Å². The molecule has 82 valence electrons. The number of thiocarbonyl (C=S) groups is 1. The molecule has 0 unspecified atom stereocenters. The Bertz CT molecular complexity index is 176. The molecule has 0 aliphatic heterocycles. The van der Waals surface area contributed by atoms with Gasteiger partial charge in [-0.25, -0.2) is 0 Å². The fraction of sp³-hybridized carbons (Fsp3) is 0.909. The number of hydrogen-bond acceptors (Lipinski definition) is 1. The minimum atomic E-state index is 0.485. The predicted molar refractivity (Wildman–Crippen MR) is 65.5 cm³/mol. The molecule has 0 heterocycles. The van der Waals surface area contributed by atoms with Crippen LogP contribution in [0.15, 0.2) is 0 Å². The van der Waals surface area contributed by atoms with Gasteiger partial charge < -0.3 is 10.6 Å². The van der Waals surface area contributed by atoms with Crippen molar-refractivity contribution in [3.05, 3.63) is 0 Å². The first-order valence-electron chi connectivity index (χ1n) is 5.79. The number of rotatable bonds is 3. The van der Waals surface area contributed by atoms with Crippen LogP contribution in [0.2, 0.25) is 0 Å². The first-order chi connectivity index (χ1) is 6.72. The van der Waals surface area contributed by atoms with E-state index in [1.165, 1.54) is 32.1 Å². The third kappa shape index (κ3) is 4.27. The third-order valence-corrected chi connectivity index (χ3v) is 3.17. The van der Waals surface area contributed by atoms with Crippen LogP contribution in [0.3, 0.4) is 0 Å². The summed E-state index contributed by atoms with van der Waals surface area (Å²) in [5, 5.41) is 7.54. The lowest BCUT2D eigenvalue weighted by atomic mass is 9.96. The second-order valence-electron chi connectivity index (χ2n) is 4.26. The van der Waals surface area contributed by atoms with Crippen molar-refractivity contribution in [2.45, 2.75) is 64.5 Å². The predicted octanol–water partition coefficient (Wildman–Crippen LogP) is 2.58. The van der Waals surface area contributed by atoms with E-state index in [4.69, 9.17) is 12.2 Å². The molecule has 0 amide bonds. The Morgan fingerprint density at radius 1 is 1.36 bits per heavy atom. The highest BCUT2D eigenvalue weighted by Crippen LogP contribution is 2.17. The van der Waals surface area contributed by atoms with Crippen LogP contribution in [0.1, 0.15) is 52.4 Å². The fourth-order valence-electron chi connectivity index (χ4n) is 1.80. The Kier molecular flexibility index (Phi) is 5.23. The van der Waals surface area contributed by atoms with Crippen LogP contribution >= 0.6 is 12.2 Å². The largest absolute Gasteiger partial charge is 0.360 e. The molecule has 1 aliphatic carbocycles. The van der Waals surface area contributed by atoms with Gasteiger partial charge in [-0.05, 0) is 38.4 Å². The molecule has 0 spiro atoms. The van der Waals surface area contributed by atoms with E-state index in [9.17, 15) is 0 Å². The smallest absolute Gasteiger partial charge is 0.166 e. The molecule has 2 N–H and O–H groups in total. The van der Waals surface area contributed by atoms with Crippen molar-refractivity contribution in [2.24, 2.45) is 0 Å². The van der Waals surface area contributed by atoms with E-state index in [-0.39, 0.29) is 0 Å². The zero-order valence-corrected chi connectivity index (χ0v) is 10.1. The van der Waals surface area contributed by atoms with Crippen LogP contribution in [-0.4, -0.2) is 17.2 Å². The van der Waals surface area contributed by atoms with Gasteiger partial charge in [-0.2, -0.15) is 0 Å². The molecule has 0 aromatic rings. The van der Waals surface area contributed by atoms with Crippen LogP contribution in [-0.2, 0) is 0 Å². The van der Waals surface area contributed by atoms with Gasteiger partial charge in [0.15, 0.2) is 5.11 Å². The van der Waals surface area contributed by atoms with Crippen molar-refractivity contribution >= 4 is 17.3 Å². The lowest BCUT2D eigenvalue weighted by Gasteiger charge is -2.25. The van der Waals surface area contributed by atoms with Crippen LogP contribution in [0, 0.1) is 0 Å². The summed E-state index contributed by atoms with van der Waals surface area (Å²) in [4.78, 5) is 0. The van der Waals surface area contributed by atoms with Gasteiger partial charge in [-0.15, -0.1) is 0 Å². The van der Waals surface area contributed by atoms with Crippen molar-refractivity contribution in [3.63, 3.8) is 0 Å². The van der Waals surface area contributed by atoms with Gasteiger partial charge in [0.25, 0.3) is 0 Å². The highest BCUT2D eigenvalue weighted by atomic mass is 32.1. The molecule has 1 fully saturated rings. The Morgan fingerprint density at radius 2 is 2.00 bits per heavy atom. The van der Waals surface area contributed by atoms with Crippen molar-refractivity contribution in [1.82, 2.24) is 10.6 Å². The van der Waals surface area contributed by atoms with Gasteiger partial charge in [-0.3, -0.25) is 0 Å². The minimum Gasteiger partial charge on any atom is -0.360 e. The van der Waals surface area contributed by atoms with Gasteiger partial charge in [0, 0.05) is 12.1 Å². The monoisotopic (exact) mass is 214 g/mol. The molecule has 0 aromatic carbocycles. The van der Waals surface area contributed by atoms with Gasteiger partial charge in [0.1, 0.15) is 0 Å². The van der Waals surface area contributed by atoms with E-state index in [1.54, 1.807) is 0 Å². The standard InChI is InChI=1S/C11H22N2S/c1-3-9(2)12-11(14)13-10-7-5-4-6-8-10/h9-10H,3-8H2,1-2H3,(H2,12,13,14)/t9-/m1/s1. The molecule has 0 bridgehead atoms. The van der Waals surface area contributed by atoms with Crippen molar-refractivity contribution < 1.29 is 0 Å². The van der Waals surface area contributed by atoms with Crippen LogP contribution < -0.4 is 10.6 Å². The lowest BCUT2D eigenvalue weighted by molar-refractivity contribution is 0.410. The van der Waals surface area contributed by atoms with E-state index in [1.807, 2.05) is 0 Å². The number of nitrogens with one attached hydrogen (secondary N) is 2. The minimum absolute atomic E-state index is 0.485. The summed E-state index contributed by atoms with van der Waals surface area (Å²) in [5.41, 5.74) is 0. The first kappa shape index (κ1) is 11.8. The first-order valence-corrected chi connectivity index (χ1v) is 6.20. The summed E-state index contributed by atoms with van der Waals surface area (Å²) in [5.74, 6) is 0. The van der Waals surface area contributed by atoms with E-state index < -0.39 is 0 Å². The second-order valence-corrected chi connectivity index (χ2v) is 4.67. The quantitative estimate of drug-likeness (QED) is 0.706. The second kappa shape index (κ2) is 6.23. The van der Waals surface area contributed by atoms with E-state index in [0.717, 1.165) is 11.5 Å². The normalized spacial score (nSPS) is 20.1. The molecule has 0 radical (unpaired) electrons. The molecule has 2 nitrogen and oxygen atoms in total. The van der Waals surface area contributed by atoms with Gasteiger partial charge in [0.05, 0.1) is 0 Å². The molecule has 0 saturated heterocycles. The SMILES string of the molecule is CC[C@@H](C)NC(=S)NC1CCCCC1. The molecular weight excluding hydrogens is 192 g/mol. The van der Waals surface area contributed by atoms with Crippen LogP contribution in [0.5, 0.6) is 0 Å². The highest BCUT2D eigenvalue weighted by molar-refractivity contribution is 7.80. The Morgan fingerprint density at radius 3 is 2.57 bits per heavy atom. The van der Waals surface area contributed by atoms with Gasteiger partial charge >= 0.3 is 0 Å². The van der Waals surface area contributed by atoms with Crippen molar-refractivity contribution in [1.29, 1.82) is 0 Å². The van der Waals surface area contributed by atoms with E-state index in [2.05, 4.69) is 24.5 Å². The number of hydrogen-bond donors (Lipinski definition) is 2. The summed E-state index contributed by atoms with van der Waals surface area (Å²) < 4.78 is 0. The fourth-order valence-corrected chi connectivity index (χ4v) is 2.17. The molecule has 1 atom stereocenters. The molecule has 1 rings (SSSR count). The summed E-state index contributed by atoms with van der Waals surface area (Å²) in [7, 11) is 0. The zero-order valence-electron chi connectivity index (χ0n) is 9.31. The third-order valence-electron chi connectivity index (χ3n) is 2.93. The summed E-state index contributed by atoms with van der Waals surface area (Å²) in [6, 6.07) is 1.10. The van der Waals surface area contributed by atoms with E-state index in [0.29, 0.717) is 12.1 Å².